The molecule has 7 rings (SSSR count). The zero-order chi connectivity index (χ0) is 58.2. The lowest BCUT2D eigenvalue weighted by molar-refractivity contribution is -0.437. The zero-order valence-corrected chi connectivity index (χ0v) is 48.2. The molecule has 1 unspecified atom stereocenters. The summed E-state index contributed by atoms with van der Waals surface area (Å²) in [6.45, 7) is 14.1. The SMILES string of the molecule is COCCOCCOCCOCCOCCOCCN1c2cc3c(cc2C(C)=CC1(C)C)/C(=C/C=C/C=C/C1=[N+](CCCS(=O)(=O)O)c2ccc(S(=O)(=O)[O-])cc2C1(C)CCCC(=O)ON1C(=O)CCC1=O)C=C(c1ccccc1)O3. The molecule has 1 atom stereocenters. The quantitative estimate of drug-likeness (QED) is 0.0211. The highest BCUT2D eigenvalue weighted by Crippen LogP contribution is 2.47. The number of methoxy groups -OCH3 is 1. The van der Waals surface area contributed by atoms with Crippen molar-refractivity contribution < 1.29 is 82.9 Å². The lowest BCUT2D eigenvalue weighted by Crippen LogP contribution is -2.46. The van der Waals surface area contributed by atoms with E-state index >= 15 is 0 Å². The second-order valence-corrected chi connectivity index (χ2v) is 23.4. The van der Waals surface area contributed by atoms with Gasteiger partial charge in [0.25, 0.3) is 21.9 Å². The maximum absolute atomic E-state index is 12.9. The number of rotatable bonds is 32. The van der Waals surface area contributed by atoms with Crippen molar-refractivity contribution in [3.63, 3.8) is 0 Å². The number of carbonyl (C=O) groups is 3. The van der Waals surface area contributed by atoms with Gasteiger partial charge in [0.05, 0.1) is 94.3 Å². The highest BCUT2D eigenvalue weighted by Gasteiger charge is 2.48. The highest BCUT2D eigenvalue weighted by atomic mass is 32.2. The third kappa shape index (κ3) is 17.0. The van der Waals surface area contributed by atoms with Gasteiger partial charge < -0.3 is 47.4 Å². The van der Waals surface area contributed by atoms with Crippen molar-refractivity contribution in [2.75, 3.05) is 104 Å². The Labute approximate surface area is 474 Å². The van der Waals surface area contributed by atoms with E-state index in [2.05, 4.69) is 43.9 Å². The first kappa shape index (κ1) is 62.4. The van der Waals surface area contributed by atoms with Gasteiger partial charge in [0.1, 0.15) is 28.2 Å². The van der Waals surface area contributed by atoms with Crippen LogP contribution in [0.4, 0.5) is 11.4 Å². The summed E-state index contributed by atoms with van der Waals surface area (Å²) in [4.78, 5) is 44.2. The monoisotopic (exact) mass is 1160 g/mol. The molecule has 20 nitrogen and oxygen atoms in total. The Kier molecular flexibility index (Phi) is 22.1. The number of amides is 2. The summed E-state index contributed by atoms with van der Waals surface area (Å²) >= 11 is 0. The van der Waals surface area contributed by atoms with Gasteiger partial charge in [-0.15, -0.1) is 5.06 Å². The minimum atomic E-state index is -4.92. The molecule has 4 aliphatic rings. The van der Waals surface area contributed by atoms with Crippen LogP contribution in [0.15, 0.2) is 108 Å². The van der Waals surface area contributed by atoms with E-state index in [4.69, 9.17) is 38.0 Å². The number of hydrogen-bond acceptors (Lipinski definition) is 17. The van der Waals surface area contributed by atoms with Gasteiger partial charge in [0.15, 0.2) is 5.71 Å². The Bertz CT molecular complexity index is 3150. The Morgan fingerprint density at radius 1 is 0.790 bits per heavy atom. The second-order valence-electron chi connectivity index (χ2n) is 20.4. The van der Waals surface area contributed by atoms with Crippen molar-refractivity contribution in [1.82, 2.24) is 5.06 Å². The topological polar surface area (TPSA) is 246 Å². The predicted molar refractivity (Wildman–Crippen MR) is 302 cm³/mol. The molecule has 81 heavy (non-hydrogen) atoms. The fourth-order valence-electron chi connectivity index (χ4n) is 10.2. The van der Waals surface area contributed by atoms with Crippen molar-refractivity contribution >= 4 is 72.0 Å². The van der Waals surface area contributed by atoms with Crippen molar-refractivity contribution in [1.29, 1.82) is 0 Å². The van der Waals surface area contributed by atoms with Crippen molar-refractivity contribution in [2.24, 2.45) is 0 Å². The molecule has 0 bridgehead atoms. The van der Waals surface area contributed by atoms with Crippen LogP contribution in [0.2, 0.25) is 0 Å². The Balaban J connectivity index is 1.09. The number of hydrogen-bond donors (Lipinski definition) is 1. The molecule has 2 amide bonds. The zero-order valence-electron chi connectivity index (χ0n) is 46.6. The summed E-state index contributed by atoms with van der Waals surface area (Å²) in [7, 11) is -7.64. The fraction of sp³-hybridized carbons (Fsp3) is 0.458. The third-order valence-corrected chi connectivity index (χ3v) is 15.8. The maximum atomic E-state index is 12.9. The third-order valence-electron chi connectivity index (χ3n) is 14.1. The minimum absolute atomic E-state index is 0.0168. The van der Waals surface area contributed by atoms with Gasteiger partial charge >= 0.3 is 5.97 Å². The molecule has 3 aromatic rings. The van der Waals surface area contributed by atoms with Crippen LogP contribution in [0.25, 0.3) is 16.9 Å². The molecule has 0 aliphatic carbocycles. The number of hydroxylamine groups is 2. The molecule has 0 radical (unpaired) electrons. The van der Waals surface area contributed by atoms with Gasteiger partial charge in [-0.3, -0.25) is 14.1 Å². The van der Waals surface area contributed by atoms with Gasteiger partial charge in [0, 0.05) is 85.5 Å². The molecule has 0 aromatic heterocycles. The van der Waals surface area contributed by atoms with E-state index in [1.807, 2.05) is 61.6 Å². The average Bonchev–Trinajstić information content (AvgIpc) is 4.06. The standard InChI is InChI=1S/C59H73N3O17S2/c1-43-42-58(2,3)61(25-26-73-29-30-75-33-34-77-36-35-76-32-31-74-28-27-72-5)51-41-53-48(40-47(43)51)45(38-52(78-53)44-14-8-6-9-15-44)16-10-7-11-17-54-59(4,23-12-18-57(65)79-62-55(63)21-22-56(62)64)49-39-46(81(69,70)71)19-20-50(49)60(54)24-13-37-80(66,67)68/h6-11,14-17,19-20,38-42H,12-13,18,21-37H2,1-5H3,(H-,66,67,68,69,70,71). The summed E-state index contributed by atoms with van der Waals surface area (Å²) in [5, 5.41) is 0.471. The Hall–Kier alpha value is -6.18. The molecule has 438 valence electrons. The smallest absolute Gasteiger partial charge is 0.333 e. The number of nitrogens with zero attached hydrogens (tertiary/aromatic N) is 3. The van der Waals surface area contributed by atoms with E-state index in [1.165, 1.54) is 18.2 Å². The van der Waals surface area contributed by atoms with Crippen LogP contribution < -0.4 is 9.64 Å². The van der Waals surface area contributed by atoms with E-state index < -0.39 is 54.1 Å². The normalized spacial score (nSPS) is 18.4. The van der Waals surface area contributed by atoms with Gasteiger partial charge in [-0.25, -0.2) is 13.2 Å². The number of fused-ring (bicyclic) bond motifs is 3. The Morgan fingerprint density at radius 2 is 1.42 bits per heavy atom. The molecule has 1 N–H and O–H groups in total. The van der Waals surface area contributed by atoms with E-state index in [0.717, 1.165) is 33.5 Å². The lowest BCUT2D eigenvalue weighted by Gasteiger charge is -2.44. The number of imide groups is 1. The molecule has 0 saturated carbocycles. The van der Waals surface area contributed by atoms with Crippen LogP contribution in [-0.2, 0) is 73.3 Å². The van der Waals surface area contributed by atoms with Crippen LogP contribution in [0.5, 0.6) is 5.75 Å². The summed E-state index contributed by atoms with van der Waals surface area (Å²) < 4.78 is 112. The Morgan fingerprint density at radius 3 is 2.04 bits per heavy atom. The van der Waals surface area contributed by atoms with Crippen molar-refractivity contribution in [3.8, 4) is 5.75 Å². The molecule has 1 fully saturated rings. The van der Waals surface area contributed by atoms with Gasteiger partial charge in [0.2, 0.25) is 5.69 Å². The van der Waals surface area contributed by atoms with E-state index in [9.17, 15) is 40.3 Å². The van der Waals surface area contributed by atoms with Crippen LogP contribution in [-0.4, -0.2) is 163 Å². The maximum Gasteiger partial charge on any atom is 0.333 e. The molecular weight excluding hydrogens is 1090 g/mol. The molecule has 22 heteroatoms. The highest BCUT2D eigenvalue weighted by molar-refractivity contribution is 7.86. The van der Waals surface area contributed by atoms with Gasteiger partial charge in [-0.2, -0.15) is 13.0 Å². The van der Waals surface area contributed by atoms with Gasteiger partial charge in [-0.1, -0.05) is 60.7 Å². The molecule has 4 aliphatic heterocycles. The first-order valence-corrected chi connectivity index (χ1v) is 30.0. The van der Waals surface area contributed by atoms with E-state index in [1.54, 1.807) is 23.8 Å². The average molecular weight is 1160 g/mol. The van der Waals surface area contributed by atoms with Crippen molar-refractivity contribution in [2.45, 2.75) is 82.1 Å². The number of anilines is 1. The van der Waals surface area contributed by atoms with Crippen LogP contribution in [0, 0.1) is 0 Å². The number of benzene rings is 3. The minimum Gasteiger partial charge on any atom is -0.744 e. The van der Waals surface area contributed by atoms with Crippen LogP contribution >= 0.6 is 0 Å². The fourth-order valence-corrected chi connectivity index (χ4v) is 11.2. The number of carbonyl (C=O) groups excluding carboxylic acids is 3. The number of allylic oxidation sites excluding steroid dienone is 8. The molecule has 1 saturated heterocycles. The molecule has 0 spiro atoms. The summed E-state index contributed by atoms with van der Waals surface area (Å²) in [6.07, 6.45) is 13.4. The predicted octanol–water partition coefficient (Wildman–Crippen LogP) is 7.36. The van der Waals surface area contributed by atoms with Crippen LogP contribution in [0.1, 0.15) is 88.5 Å². The van der Waals surface area contributed by atoms with Gasteiger partial charge in [-0.05, 0) is 76.0 Å². The summed E-state index contributed by atoms with van der Waals surface area (Å²) in [5.74, 6) is -1.32. The summed E-state index contributed by atoms with van der Waals surface area (Å²) in [6, 6.07) is 18.0. The summed E-state index contributed by atoms with van der Waals surface area (Å²) in [5.41, 5.74) is 5.83. The first-order chi connectivity index (χ1) is 38.7. The van der Waals surface area contributed by atoms with Crippen molar-refractivity contribution in [3.05, 3.63) is 125 Å². The van der Waals surface area contributed by atoms with E-state index in [-0.39, 0.29) is 50.6 Å². The molecular formula is C59H73N3O17S2. The number of ether oxygens (including phenoxy) is 7. The first-order valence-electron chi connectivity index (χ1n) is 27.0. The molecule has 3 aromatic carbocycles. The second kappa shape index (κ2) is 28.7. The largest absolute Gasteiger partial charge is 0.744 e. The van der Waals surface area contributed by atoms with E-state index in [0.29, 0.717) is 113 Å². The molecule has 4 heterocycles. The van der Waals surface area contributed by atoms with Crippen LogP contribution in [0.3, 0.4) is 0 Å². The lowest BCUT2D eigenvalue weighted by atomic mass is 9.75.